The van der Waals surface area contributed by atoms with E-state index in [-0.39, 0.29) is 33.5 Å². The van der Waals surface area contributed by atoms with Crippen molar-refractivity contribution in [2.75, 3.05) is 0 Å². The summed E-state index contributed by atoms with van der Waals surface area (Å²) >= 11 is 0. The first-order chi connectivity index (χ1) is 15.6. The summed E-state index contributed by atoms with van der Waals surface area (Å²) in [6, 6.07) is 0. The molecule has 0 aromatic heterocycles. The second-order valence-corrected chi connectivity index (χ2v) is 14.3. The van der Waals surface area contributed by atoms with E-state index in [1.165, 1.54) is 5.57 Å². The van der Waals surface area contributed by atoms with Crippen LogP contribution in [0.4, 0.5) is 0 Å². The normalized spacial score (nSPS) is 50.1. The van der Waals surface area contributed by atoms with Gasteiger partial charge in [-0.05, 0) is 90.3 Å². The topological polar surface area (TPSA) is 77.8 Å². The molecule has 34 heavy (non-hydrogen) atoms. The summed E-state index contributed by atoms with van der Waals surface area (Å²) in [7, 11) is 0. The lowest BCUT2D eigenvalue weighted by Gasteiger charge is -2.71. The molecule has 194 valence electrons. The summed E-state index contributed by atoms with van der Waals surface area (Å²) in [5.41, 5.74) is 0.428. The molecule has 0 unspecified atom stereocenters. The minimum Gasteiger partial charge on any atom is -0.481 e. The third kappa shape index (κ3) is 3.12. The molecule has 4 heteroatoms. The molecule has 4 nitrogen and oxygen atoms in total. The number of aliphatic hydroxyl groups excluding tert-OH is 2. The zero-order valence-electron chi connectivity index (χ0n) is 22.9. The molecule has 3 fully saturated rings. The SMILES string of the molecule is CCC[C@]1(C(=O)O)CC[C@]2(C)C(=CC[C@@H]3[C@@]4(C)C[C@@H](O)[C@H](O)C(C)(C)[C@@H]4CC[C@]32C)[C@@H]1C(C)C. The minimum absolute atomic E-state index is 0.0311. The average Bonchev–Trinajstić information content (AvgIpc) is 2.72. The number of fused-ring (bicyclic) bond motifs is 5. The number of carboxylic acids is 1. The smallest absolute Gasteiger partial charge is 0.310 e. The number of aliphatic carboxylic acids is 1. The van der Waals surface area contributed by atoms with E-state index in [1.807, 2.05) is 0 Å². The number of allylic oxidation sites excluding steroid dienone is 2. The van der Waals surface area contributed by atoms with Gasteiger partial charge < -0.3 is 15.3 Å². The molecular formula is C30H50O4. The van der Waals surface area contributed by atoms with Crippen molar-refractivity contribution >= 4 is 5.97 Å². The Labute approximate surface area is 207 Å². The van der Waals surface area contributed by atoms with Crippen LogP contribution in [-0.4, -0.2) is 33.5 Å². The first-order valence-corrected chi connectivity index (χ1v) is 13.9. The molecule has 0 aromatic rings. The van der Waals surface area contributed by atoms with Gasteiger partial charge >= 0.3 is 5.97 Å². The fourth-order valence-electron chi connectivity index (χ4n) is 10.6. The molecule has 0 spiro atoms. The molecule has 0 aromatic carbocycles. The van der Waals surface area contributed by atoms with Gasteiger partial charge in [-0.3, -0.25) is 4.79 Å². The Morgan fingerprint density at radius 3 is 2.26 bits per heavy atom. The van der Waals surface area contributed by atoms with E-state index in [0.717, 1.165) is 44.9 Å². The van der Waals surface area contributed by atoms with E-state index in [4.69, 9.17) is 0 Å². The standard InChI is InChI=1S/C30H50O4/c1-9-13-30(25(33)34)16-15-28(7)19(23(30)18(2)3)10-11-22-27(6)17-20(31)24(32)26(4,5)21(27)12-14-29(22,28)8/h10,18,20-24,31-32H,9,11-17H2,1-8H3,(H,33,34)/t20-,21+,22-,23+,24+,27+,28-,29-,30+/m1/s1. The van der Waals surface area contributed by atoms with Crippen LogP contribution in [0.2, 0.25) is 0 Å². The number of rotatable bonds is 4. The van der Waals surface area contributed by atoms with Crippen molar-refractivity contribution < 1.29 is 20.1 Å². The Morgan fingerprint density at radius 1 is 1.06 bits per heavy atom. The summed E-state index contributed by atoms with van der Waals surface area (Å²) in [5, 5.41) is 32.4. The molecule has 4 aliphatic rings. The highest BCUT2D eigenvalue weighted by Gasteiger charge is 2.69. The predicted molar refractivity (Wildman–Crippen MR) is 136 cm³/mol. The number of carbonyl (C=O) groups is 1. The van der Waals surface area contributed by atoms with Gasteiger partial charge in [-0.2, -0.15) is 0 Å². The maximum Gasteiger partial charge on any atom is 0.310 e. The second-order valence-electron chi connectivity index (χ2n) is 14.3. The van der Waals surface area contributed by atoms with E-state index < -0.39 is 23.6 Å². The van der Waals surface area contributed by atoms with Crippen LogP contribution in [0.15, 0.2) is 11.6 Å². The molecule has 0 radical (unpaired) electrons. The van der Waals surface area contributed by atoms with Gasteiger partial charge in [-0.1, -0.05) is 73.5 Å². The van der Waals surface area contributed by atoms with E-state index in [1.54, 1.807) is 0 Å². The predicted octanol–water partition coefficient (Wildman–Crippen LogP) is 6.45. The first kappa shape index (κ1) is 26.2. The van der Waals surface area contributed by atoms with Crippen LogP contribution in [0.5, 0.6) is 0 Å². The summed E-state index contributed by atoms with van der Waals surface area (Å²) in [6.07, 6.45) is 8.21. The van der Waals surface area contributed by atoms with Crippen molar-refractivity contribution in [3.8, 4) is 0 Å². The van der Waals surface area contributed by atoms with Crippen molar-refractivity contribution in [1.82, 2.24) is 0 Å². The molecule has 4 rings (SSSR count). The zero-order chi connectivity index (χ0) is 25.5. The van der Waals surface area contributed by atoms with Crippen LogP contribution in [-0.2, 0) is 4.79 Å². The van der Waals surface area contributed by atoms with E-state index in [9.17, 15) is 20.1 Å². The minimum atomic E-state index is -0.684. The fraction of sp³-hybridized carbons (Fsp3) is 0.900. The van der Waals surface area contributed by atoms with Gasteiger partial charge in [-0.25, -0.2) is 0 Å². The fourth-order valence-corrected chi connectivity index (χ4v) is 10.6. The molecule has 0 saturated heterocycles. The lowest BCUT2D eigenvalue weighted by molar-refractivity contribution is -0.231. The summed E-state index contributed by atoms with van der Waals surface area (Å²) in [6.45, 7) is 18.2. The van der Waals surface area contributed by atoms with Crippen molar-refractivity contribution in [1.29, 1.82) is 0 Å². The Morgan fingerprint density at radius 2 is 1.71 bits per heavy atom. The number of hydrogen-bond donors (Lipinski definition) is 3. The molecule has 9 atom stereocenters. The van der Waals surface area contributed by atoms with Crippen molar-refractivity contribution in [2.45, 2.75) is 119 Å². The number of hydrogen-bond acceptors (Lipinski definition) is 3. The molecule has 3 saturated carbocycles. The van der Waals surface area contributed by atoms with Crippen LogP contribution < -0.4 is 0 Å². The zero-order valence-corrected chi connectivity index (χ0v) is 22.9. The van der Waals surface area contributed by atoms with Crippen LogP contribution in [0.1, 0.15) is 107 Å². The highest BCUT2D eigenvalue weighted by molar-refractivity contribution is 5.76. The van der Waals surface area contributed by atoms with Crippen LogP contribution in [0.3, 0.4) is 0 Å². The largest absolute Gasteiger partial charge is 0.481 e. The van der Waals surface area contributed by atoms with Gasteiger partial charge in [0.05, 0.1) is 17.6 Å². The first-order valence-electron chi connectivity index (χ1n) is 13.9. The molecule has 4 aliphatic carbocycles. The molecule has 0 aliphatic heterocycles. The highest BCUT2D eigenvalue weighted by atomic mass is 16.4. The monoisotopic (exact) mass is 474 g/mol. The van der Waals surface area contributed by atoms with Crippen LogP contribution in [0.25, 0.3) is 0 Å². The van der Waals surface area contributed by atoms with E-state index in [0.29, 0.717) is 18.3 Å². The quantitative estimate of drug-likeness (QED) is 0.409. The average molecular weight is 475 g/mol. The maximum absolute atomic E-state index is 12.8. The van der Waals surface area contributed by atoms with E-state index in [2.05, 4.69) is 61.5 Å². The van der Waals surface area contributed by atoms with Gasteiger partial charge in [0.2, 0.25) is 0 Å². The second kappa shape index (κ2) is 8.07. The molecule has 3 N–H and O–H groups in total. The Balaban J connectivity index is 1.84. The van der Waals surface area contributed by atoms with Gasteiger partial charge in [0.15, 0.2) is 0 Å². The summed E-state index contributed by atoms with van der Waals surface area (Å²) < 4.78 is 0. The van der Waals surface area contributed by atoms with Crippen molar-refractivity contribution in [3.63, 3.8) is 0 Å². The van der Waals surface area contributed by atoms with Crippen molar-refractivity contribution in [2.24, 2.45) is 50.7 Å². The third-order valence-electron chi connectivity index (χ3n) is 12.2. The van der Waals surface area contributed by atoms with Gasteiger partial charge in [0.25, 0.3) is 0 Å². The number of aliphatic hydroxyl groups is 2. The lowest BCUT2D eigenvalue weighted by atomic mass is 9.33. The van der Waals surface area contributed by atoms with Crippen LogP contribution in [0, 0.1) is 50.7 Å². The van der Waals surface area contributed by atoms with Gasteiger partial charge in [0, 0.05) is 0 Å². The Hall–Kier alpha value is -0.870. The molecule has 0 amide bonds. The van der Waals surface area contributed by atoms with Crippen molar-refractivity contribution in [3.05, 3.63) is 11.6 Å². The molecular weight excluding hydrogens is 424 g/mol. The lowest BCUT2D eigenvalue weighted by Crippen LogP contribution is -2.67. The maximum atomic E-state index is 12.8. The van der Waals surface area contributed by atoms with Gasteiger partial charge in [-0.15, -0.1) is 0 Å². The summed E-state index contributed by atoms with van der Waals surface area (Å²) in [4.78, 5) is 12.8. The third-order valence-corrected chi connectivity index (χ3v) is 12.2. The summed E-state index contributed by atoms with van der Waals surface area (Å²) in [5.74, 6) is 0.543. The Kier molecular flexibility index (Phi) is 6.22. The molecule has 0 bridgehead atoms. The number of carboxylic acid groups (broad SMARTS) is 1. The van der Waals surface area contributed by atoms with E-state index >= 15 is 0 Å². The Bertz CT molecular complexity index is 860. The van der Waals surface area contributed by atoms with Gasteiger partial charge in [0.1, 0.15) is 0 Å². The molecule has 0 heterocycles. The highest BCUT2D eigenvalue weighted by Crippen LogP contribution is 2.75. The van der Waals surface area contributed by atoms with Crippen LogP contribution >= 0.6 is 0 Å².